The number of rotatable bonds is 3. The molecule has 1 unspecified atom stereocenters. The molecular weight excluding hydrogens is 178 g/mol. The van der Waals surface area contributed by atoms with Gasteiger partial charge >= 0.3 is 0 Å². The van der Waals surface area contributed by atoms with Crippen LogP contribution in [0.25, 0.3) is 0 Å². The summed E-state index contributed by atoms with van der Waals surface area (Å²) in [5.41, 5.74) is 0.0905. The maximum atomic E-state index is 10.2. The Morgan fingerprint density at radius 2 is 2.14 bits per heavy atom. The van der Waals surface area contributed by atoms with Gasteiger partial charge in [0.05, 0.1) is 0 Å². The zero-order valence-electron chi connectivity index (χ0n) is 8.99. The third-order valence-electron chi connectivity index (χ3n) is 3.55. The lowest BCUT2D eigenvalue weighted by molar-refractivity contribution is 0.0787. The first-order valence-electron chi connectivity index (χ1n) is 5.14. The van der Waals surface area contributed by atoms with Gasteiger partial charge in [-0.15, -0.1) is 10.2 Å². The molecule has 1 atom stereocenters. The molecule has 2 rings (SSSR count). The van der Waals surface area contributed by atoms with Crippen LogP contribution < -0.4 is 0 Å². The second-order valence-corrected chi connectivity index (χ2v) is 4.28. The Balaban J connectivity index is 2.27. The maximum absolute atomic E-state index is 10.2. The summed E-state index contributed by atoms with van der Waals surface area (Å²) in [6.07, 6.45) is 2.78. The first kappa shape index (κ1) is 9.65. The molecule has 1 N–H and O–H groups in total. The van der Waals surface area contributed by atoms with E-state index in [0.717, 1.165) is 25.1 Å². The van der Waals surface area contributed by atoms with Gasteiger partial charge in [-0.25, -0.2) is 0 Å². The molecule has 0 aromatic carbocycles. The van der Waals surface area contributed by atoms with E-state index in [4.69, 9.17) is 0 Å². The highest BCUT2D eigenvalue weighted by Crippen LogP contribution is 2.56. The molecule has 1 fully saturated rings. The largest absolute Gasteiger partial charge is 0.385 e. The van der Waals surface area contributed by atoms with Gasteiger partial charge in [-0.2, -0.15) is 0 Å². The SMILES string of the molecule is CCC1(C(O)c2nnc(C)n2C)CC1. The van der Waals surface area contributed by atoms with Crippen LogP contribution in [0.5, 0.6) is 0 Å². The zero-order chi connectivity index (χ0) is 10.3. The van der Waals surface area contributed by atoms with Gasteiger partial charge in [-0.05, 0) is 26.2 Å². The third-order valence-corrected chi connectivity index (χ3v) is 3.55. The smallest absolute Gasteiger partial charge is 0.162 e. The quantitative estimate of drug-likeness (QED) is 0.792. The van der Waals surface area contributed by atoms with Gasteiger partial charge in [0.1, 0.15) is 11.9 Å². The topological polar surface area (TPSA) is 50.9 Å². The molecule has 0 aliphatic heterocycles. The van der Waals surface area contributed by atoms with Crippen LogP contribution in [0.4, 0.5) is 0 Å². The predicted molar refractivity (Wildman–Crippen MR) is 52.7 cm³/mol. The normalized spacial score (nSPS) is 20.9. The Hall–Kier alpha value is -0.900. The van der Waals surface area contributed by atoms with Gasteiger partial charge < -0.3 is 9.67 Å². The minimum atomic E-state index is -0.446. The summed E-state index contributed by atoms with van der Waals surface area (Å²) in [5.74, 6) is 1.56. The van der Waals surface area contributed by atoms with Gasteiger partial charge in [0, 0.05) is 12.5 Å². The van der Waals surface area contributed by atoms with Crippen molar-refractivity contribution >= 4 is 0 Å². The van der Waals surface area contributed by atoms with Crippen LogP contribution in [-0.4, -0.2) is 19.9 Å². The summed E-state index contributed by atoms with van der Waals surface area (Å²) < 4.78 is 1.88. The summed E-state index contributed by atoms with van der Waals surface area (Å²) in [7, 11) is 1.90. The van der Waals surface area contributed by atoms with Crippen LogP contribution in [0.15, 0.2) is 0 Å². The fourth-order valence-electron chi connectivity index (χ4n) is 1.92. The molecule has 1 aliphatic rings. The molecule has 1 heterocycles. The number of aryl methyl sites for hydroxylation is 1. The van der Waals surface area contributed by atoms with Crippen molar-refractivity contribution < 1.29 is 5.11 Å². The molecule has 0 amide bonds. The number of aromatic nitrogens is 3. The van der Waals surface area contributed by atoms with Crippen LogP contribution in [0.1, 0.15) is 43.9 Å². The van der Waals surface area contributed by atoms with E-state index < -0.39 is 6.10 Å². The summed E-state index contributed by atoms with van der Waals surface area (Å²) in [6.45, 7) is 4.02. The fourth-order valence-corrected chi connectivity index (χ4v) is 1.92. The second-order valence-electron chi connectivity index (χ2n) is 4.28. The Morgan fingerprint density at radius 1 is 1.50 bits per heavy atom. The Labute approximate surface area is 84.0 Å². The van der Waals surface area contributed by atoms with Gasteiger partial charge in [-0.1, -0.05) is 6.92 Å². The van der Waals surface area contributed by atoms with E-state index >= 15 is 0 Å². The van der Waals surface area contributed by atoms with Crippen molar-refractivity contribution in [3.63, 3.8) is 0 Å². The van der Waals surface area contributed by atoms with Crippen molar-refractivity contribution in [2.45, 2.75) is 39.2 Å². The van der Waals surface area contributed by atoms with Crippen LogP contribution in [0.2, 0.25) is 0 Å². The van der Waals surface area contributed by atoms with E-state index in [-0.39, 0.29) is 5.41 Å². The molecule has 4 nitrogen and oxygen atoms in total. The number of hydrogen-bond acceptors (Lipinski definition) is 3. The highest BCUT2D eigenvalue weighted by Gasteiger charge is 2.49. The summed E-state index contributed by atoms with van der Waals surface area (Å²) in [6, 6.07) is 0. The van der Waals surface area contributed by atoms with Crippen molar-refractivity contribution in [2.24, 2.45) is 12.5 Å². The molecular formula is C10H17N3O. The van der Waals surface area contributed by atoms with Crippen LogP contribution >= 0.6 is 0 Å². The Morgan fingerprint density at radius 3 is 2.50 bits per heavy atom. The molecule has 14 heavy (non-hydrogen) atoms. The first-order chi connectivity index (χ1) is 6.60. The average molecular weight is 195 g/mol. The monoisotopic (exact) mass is 195 g/mol. The molecule has 1 aromatic rings. The van der Waals surface area contributed by atoms with E-state index in [9.17, 15) is 5.11 Å². The molecule has 0 bridgehead atoms. The number of aliphatic hydroxyl groups is 1. The van der Waals surface area contributed by atoms with Crippen molar-refractivity contribution in [1.82, 2.24) is 14.8 Å². The fraction of sp³-hybridized carbons (Fsp3) is 0.800. The van der Waals surface area contributed by atoms with Crippen LogP contribution in [0.3, 0.4) is 0 Å². The van der Waals surface area contributed by atoms with Crippen LogP contribution in [0, 0.1) is 12.3 Å². The molecule has 0 saturated heterocycles. The summed E-state index contributed by atoms with van der Waals surface area (Å²) >= 11 is 0. The minimum Gasteiger partial charge on any atom is -0.385 e. The van der Waals surface area contributed by atoms with Gasteiger partial charge in [-0.3, -0.25) is 0 Å². The summed E-state index contributed by atoms with van der Waals surface area (Å²) in [5, 5.41) is 18.2. The Kier molecular flexibility index (Phi) is 2.10. The molecule has 1 aromatic heterocycles. The van der Waals surface area contributed by atoms with E-state index in [1.54, 1.807) is 0 Å². The van der Waals surface area contributed by atoms with E-state index in [1.807, 2.05) is 18.5 Å². The van der Waals surface area contributed by atoms with Crippen LogP contribution in [-0.2, 0) is 7.05 Å². The van der Waals surface area contributed by atoms with E-state index in [2.05, 4.69) is 17.1 Å². The number of nitrogens with zero attached hydrogens (tertiary/aromatic N) is 3. The standard InChI is InChI=1S/C10H17N3O/c1-4-10(5-6-10)8(14)9-12-11-7(2)13(9)3/h8,14H,4-6H2,1-3H3. The van der Waals surface area contributed by atoms with E-state index in [0.29, 0.717) is 5.82 Å². The molecule has 0 spiro atoms. The first-order valence-corrected chi connectivity index (χ1v) is 5.14. The van der Waals surface area contributed by atoms with Gasteiger partial charge in [0.2, 0.25) is 0 Å². The molecule has 1 saturated carbocycles. The number of hydrogen-bond donors (Lipinski definition) is 1. The predicted octanol–water partition coefficient (Wildman–Crippen LogP) is 1.35. The van der Waals surface area contributed by atoms with Gasteiger partial charge in [0.15, 0.2) is 5.82 Å². The Bertz CT molecular complexity index is 341. The minimum absolute atomic E-state index is 0.0905. The van der Waals surface area contributed by atoms with Crippen molar-refractivity contribution in [1.29, 1.82) is 0 Å². The molecule has 78 valence electrons. The molecule has 4 heteroatoms. The highest BCUT2D eigenvalue weighted by atomic mass is 16.3. The third kappa shape index (κ3) is 1.25. The maximum Gasteiger partial charge on any atom is 0.162 e. The zero-order valence-corrected chi connectivity index (χ0v) is 8.99. The van der Waals surface area contributed by atoms with Crippen molar-refractivity contribution in [3.05, 3.63) is 11.6 Å². The lowest BCUT2D eigenvalue weighted by Crippen LogP contribution is -2.17. The second kappa shape index (κ2) is 3.05. The van der Waals surface area contributed by atoms with Gasteiger partial charge in [0.25, 0.3) is 0 Å². The average Bonchev–Trinajstić information content (AvgIpc) is 2.91. The molecule has 0 radical (unpaired) electrons. The lowest BCUT2D eigenvalue weighted by atomic mass is 9.95. The highest BCUT2D eigenvalue weighted by molar-refractivity contribution is 5.08. The molecule has 1 aliphatic carbocycles. The van der Waals surface area contributed by atoms with Crippen molar-refractivity contribution in [2.75, 3.05) is 0 Å². The lowest BCUT2D eigenvalue weighted by Gasteiger charge is -2.19. The number of aliphatic hydroxyl groups excluding tert-OH is 1. The van der Waals surface area contributed by atoms with Crippen molar-refractivity contribution in [3.8, 4) is 0 Å². The van der Waals surface area contributed by atoms with E-state index in [1.165, 1.54) is 0 Å². The summed E-state index contributed by atoms with van der Waals surface area (Å²) in [4.78, 5) is 0.